The molecule has 0 spiro atoms. The van der Waals surface area contributed by atoms with Crippen LogP contribution < -0.4 is 5.32 Å². The summed E-state index contributed by atoms with van der Waals surface area (Å²) in [7, 11) is 1.94. The van der Waals surface area contributed by atoms with E-state index in [1.165, 1.54) is 5.69 Å². The molecule has 2 rings (SSSR count). The van der Waals surface area contributed by atoms with Gasteiger partial charge in [-0.15, -0.1) is 0 Å². The highest BCUT2D eigenvalue weighted by Crippen LogP contribution is 2.12. The molecular formula is C11H15N3O. The van der Waals surface area contributed by atoms with Crippen molar-refractivity contribution in [1.29, 1.82) is 0 Å². The van der Waals surface area contributed by atoms with Gasteiger partial charge in [0.2, 0.25) is 0 Å². The molecule has 80 valence electrons. The lowest BCUT2D eigenvalue weighted by molar-refractivity contribution is 0.527. The van der Waals surface area contributed by atoms with E-state index < -0.39 is 0 Å². The molecule has 0 fully saturated rings. The van der Waals surface area contributed by atoms with E-state index >= 15 is 0 Å². The van der Waals surface area contributed by atoms with Crippen molar-refractivity contribution in [2.45, 2.75) is 19.5 Å². The van der Waals surface area contributed by atoms with Crippen LogP contribution in [0.5, 0.6) is 0 Å². The van der Waals surface area contributed by atoms with Crippen LogP contribution in [0.25, 0.3) is 0 Å². The van der Waals surface area contributed by atoms with Crippen LogP contribution in [0.2, 0.25) is 0 Å². The summed E-state index contributed by atoms with van der Waals surface area (Å²) in [6, 6.07) is 4.27. The molecule has 0 amide bonds. The summed E-state index contributed by atoms with van der Waals surface area (Å²) < 4.78 is 6.91. The van der Waals surface area contributed by atoms with E-state index in [-0.39, 0.29) is 0 Å². The molecule has 4 heteroatoms. The van der Waals surface area contributed by atoms with Crippen molar-refractivity contribution >= 4 is 0 Å². The molecule has 1 unspecified atom stereocenters. The SMILES string of the molecule is CC(NCc1ccnn1C)c1ccoc1. The van der Waals surface area contributed by atoms with Crippen molar-refractivity contribution in [3.8, 4) is 0 Å². The van der Waals surface area contributed by atoms with Gasteiger partial charge >= 0.3 is 0 Å². The Bertz CT molecular complexity index is 405. The number of nitrogens with zero attached hydrogens (tertiary/aromatic N) is 2. The first-order valence-corrected chi connectivity index (χ1v) is 4.99. The van der Waals surface area contributed by atoms with Gasteiger partial charge in [-0.25, -0.2) is 0 Å². The van der Waals surface area contributed by atoms with Gasteiger partial charge in [0, 0.05) is 31.4 Å². The smallest absolute Gasteiger partial charge is 0.0950 e. The highest BCUT2D eigenvalue weighted by Gasteiger charge is 2.06. The van der Waals surface area contributed by atoms with Crippen LogP contribution in [0, 0.1) is 0 Å². The van der Waals surface area contributed by atoms with Crippen molar-refractivity contribution in [1.82, 2.24) is 15.1 Å². The van der Waals surface area contributed by atoms with Gasteiger partial charge in [0.1, 0.15) is 0 Å². The molecule has 0 aliphatic carbocycles. The highest BCUT2D eigenvalue weighted by atomic mass is 16.3. The molecule has 0 aliphatic heterocycles. The second-order valence-corrected chi connectivity index (χ2v) is 3.61. The normalized spacial score (nSPS) is 12.9. The fraction of sp³-hybridized carbons (Fsp3) is 0.364. The molecule has 0 saturated carbocycles. The van der Waals surface area contributed by atoms with E-state index in [1.807, 2.05) is 23.9 Å². The molecule has 2 aromatic heterocycles. The third-order valence-electron chi connectivity index (χ3n) is 2.56. The average molecular weight is 205 g/mol. The van der Waals surface area contributed by atoms with Crippen LogP contribution in [0.1, 0.15) is 24.2 Å². The van der Waals surface area contributed by atoms with E-state index in [0.717, 1.165) is 12.1 Å². The molecule has 4 nitrogen and oxygen atoms in total. The molecule has 0 aromatic carbocycles. The number of furan rings is 1. The monoisotopic (exact) mass is 205 g/mol. The molecule has 1 N–H and O–H groups in total. The van der Waals surface area contributed by atoms with Gasteiger partial charge in [0.15, 0.2) is 0 Å². The number of hydrogen-bond donors (Lipinski definition) is 1. The zero-order valence-electron chi connectivity index (χ0n) is 8.97. The van der Waals surface area contributed by atoms with Crippen LogP contribution in [0.15, 0.2) is 35.3 Å². The van der Waals surface area contributed by atoms with Crippen LogP contribution >= 0.6 is 0 Å². The van der Waals surface area contributed by atoms with Crippen LogP contribution in [-0.2, 0) is 13.6 Å². The molecular weight excluding hydrogens is 190 g/mol. The highest BCUT2D eigenvalue weighted by molar-refractivity contribution is 5.11. The Morgan fingerprint density at radius 1 is 1.53 bits per heavy atom. The average Bonchev–Trinajstić information content (AvgIpc) is 2.85. The van der Waals surface area contributed by atoms with Gasteiger partial charge in [-0.3, -0.25) is 4.68 Å². The first-order chi connectivity index (χ1) is 7.27. The van der Waals surface area contributed by atoms with Gasteiger partial charge in [-0.05, 0) is 19.1 Å². The van der Waals surface area contributed by atoms with Gasteiger partial charge in [0.05, 0.1) is 18.2 Å². The minimum Gasteiger partial charge on any atom is -0.472 e. The first-order valence-electron chi connectivity index (χ1n) is 4.99. The predicted molar refractivity (Wildman–Crippen MR) is 57.2 cm³/mol. The number of nitrogens with one attached hydrogen (secondary N) is 1. The van der Waals surface area contributed by atoms with Gasteiger partial charge in [-0.2, -0.15) is 5.10 Å². The van der Waals surface area contributed by atoms with E-state index in [1.54, 1.807) is 18.7 Å². The molecule has 2 aromatic rings. The number of rotatable bonds is 4. The summed E-state index contributed by atoms with van der Waals surface area (Å²) in [6.45, 7) is 2.92. The lowest BCUT2D eigenvalue weighted by atomic mass is 10.2. The molecule has 0 aliphatic rings. The summed E-state index contributed by atoms with van der Waals surface area (Å²) in [4.78, 5) is 0. The number of aryl methyl sites for hydroxylation is 1. The molecule has 0 radical (unpaired) electrons. The molecule has 15 heavy (non-hydrogen) atoms. The van der Waals surface area contributed by atoms with E-state index in [0.29, 0.717) is 6.04 Å². The fourth-order valence-corrected chi connectivity index (χ4v) is 1.47. The van der Waals surface area contributed by atoms with Gasteiger partial charge < -0.3 is 9.73 Å². The fourth-order valence-electron chi connectivity index (χ4n) is 1.47. The largest absolute Gasteiger partial charge is 0.472 e. The Morgan fingerprint density at radius 3 is 3.00 bits per heavy atom. The van der Waals surface area contributed by atoms with Crippen molar-refractivity contribution < 1.29 is 4.42 Å². The van der Waals surface area contributed by atoms with Crippen molar-refractivity contribution in [2.24, 2.45) is 7.05 Å². The maximum Gasteiger partial charge on any atom is 0.0950 e. The lowest BCUT2D eigenvalue weighted by Gasteiger charge is -2.11. The number of aromatic nitrogens is 2. The van der Waals surface area contributed by atoms with Crippen LogP contribution in [-0.4, -0.2) is 9.78 Å². The zero-order chi connectivity index (χ0) is 10.7. The third kappa shape index (κ3) is 2.27. The topological polar surface area (TPSA) is 43.0 Å². The summed E-state index contributed by atoms with van der Waals surface area (Å²) >= 11 is 0. The maximum atomic E-state index is 5.04. The van der Waals surface area contributed by atoms with Crippen molar-refractivity contribution in [2.75, 3.05) is 0 Å². The molecule has 2 heterocycles. The van der Waals surface area contributed by atoms with E-state index in [2.05, 4.69) is 17.3 Å². The van der Waals surface area contributed by atoms with Crippen LogP contribution in [0.3, 0.4) is 0 Å². The minimum atomic E-state index is 0.290. The Hall–Kier alpha value is -1.55. The number of hydrogen-bond acceptors (Lipinski definition) is 3. The van der Waals surface area contributed by atoms with Crippen molar-refractivity contribution in [3.63, 3.8) is 0 Å². The second kappa shape index (κ2) is 4.31. The van der Waals surface area contributed by atoms with Gasteiger partial charge in [-0.1, -0.05) is 0 Å². The Kier molecular flexibility index (Phi) is 2.87. The maximum absolute atomic E-state index is 5.04. The Morgan fingerprint density at radius 2 is 2.40 bits per heavy atom. The standard InChI is InChI=1S/C11H15N3O/c1-9(10-4-6-15-8-10)12-7-11-3-5-13-14(11)2/h3-6,8-9,12H,7H2,1-2H3. The molecule has 1 atom stereocenters. The molecule has 0 bridgehead atoms. The second-order valence-electron chi connectivity index (χ2n) is 3.61. The quantitative estimate of drug-likeness (QED) is 0.828. The van der Waals surface area contributed by atoms with Crippen molar-refractivity contribution in [3.05, 3.63) is 42.1 Å². The molecule has 0 saturated heterocycles. The lowest BCUT2D eigenvalue weighted by Crippen LogP contribution is -2.19. The summed E-state index contributed by atoms with van der Waals surface area (Å²) in [6.07, 6.45) is 5.26. The predicted octanol–water partition coefficient (Wildman–Crippen LogP) is 1.86. The minimum absolute atomic E-state index is 0.290. The van der Waals surface area contributed by atoms with Crippen LogP contribution in [0.4, 0.5) is 0 Å². The Balaban J connectivity index is 1.91. The summed E-state index contributed by atoms with van der Waals surface area (Å²) in [5, 5.41) is 7.52. The third-order valence-corrected chi connectivity index (χ3v) is 2.56. The summed E-state index contributed by atoms with van der Waals surface area (Å²) in [5.74, 6) is 0. The zero-order valence-corrected chi connectivity index (χ0v) is 8.97. The first kappa shape index (κ1) is 9.98. The summed E-state index contributed by atoms with van der Waals surface area (Å²) in [5.41, 5.74) is 2.34. The Labute approximate surface area is 88.9 Å². The van der Waals surface area contributed by atoms with E-state index in [9.17, 15) is 0 Å². The van der Waals surface area contributed by atoms with Gasteiger partial charge in [0.25, 0.3) is 0 Å². The van der Waals surface area contributed by atoms with E-state index in [4.69, 9.17) is 4.42 Å².